The predicted octanol–water partition coefficient (Wildman–Crippen LogP) is 1.72. The molecule has 0 spiro atoms. The largest absolute Gasteiger partial charge is 0.469 e. The first-order valence-corrected chi connectivity index (χ1v) is 6.15. The predicted molar refractivity (Wildman–Crippen MR) is 66.0 cm³/mol. The molecule has 1 heterocycles. The zero-order valence-electron chi connectivity index (χ0n) is 9.91. The SMILES string of the molecule is COC(=O)C1C=C(Br)C=C2NC(=O)C(C)(C)C21. The molecule has 5 heteroatoms. The molecular formula is C12H14BrNO3. The minimum atomic E-state index is -0.602. The topological polar surface area (TPSA) is 55.4 Å². The maximum absolute atomic E-state index is 11.9. The van der Waals surface area contributed by atoms with Gasteiger partial charge in [0.05, 0.1) is 18.4 Å². The van der Waals surface area contributed by atoms with E-state index in [4.69, 9.17) is 4.74 Å². The third-order valence-corrected chi connectivity index (χ3v) is 3.91. The van der Waals surface area contributed by atoms with E-state index in [9.17, 15) is 9.59 Å². The number of esters is 1. The van der Waals surface area contributed by atoms with E-state index < -0.39 is 11.3 Å². The van der Waals surface area contributed by atoms with E-state index in [-0.39, 0.29) is 17.8 Å². The van der Waals surface area contributed by atoms with Crippen LogP contribution in [0.25, 0.3) is 0 Å². The summed E-state index contributed by atoms with van der Waals surface area (Å²) >= 11 is 3.35. The molecule has 2 atom stereocenters. The van der Waals surface area contributed by atoms with Crippen LogP contribution in [-0.2, 0) is 14.3 Å². The lowest BCUT2D eigenvalue weighted by atomic mass is 9.71. The molecule has 1 saturated heterocycles. The van der Waals surface area contributed by atoms with Gasteiger partial charge in [0, 0.05) is 16.1 Å². The van der Waals surface area contributed by atoms with Crippen molar-refractivity contribution < 1.29 is 14.3 Å². The van der Waals surface area contributed by atoms with Crippen molar-refractivity contribution in [3.63, 3.8) is 0 Å². The summed E-state index contributed by atoms with van der Waals surface area (Å²) in [5.74, 6) is -0.979. The Bertz CT molecular complexity index is 451. The molecule has 4 nitrogen and oxygen atoms in total. The molecule has 1 fully saturated rings. The second-order valence-corrected chi connectivity index (χ2v) is 5.77. The van der Waals surface area contributed by atoms with E-state index in [1.807, 2.05) is 19.9 Å². The van der Waals surface area contributed by atoms with Gasteiger partial charge in [-0.2, -0.15) is 0 Å². The van der Waals surface area contributed by atoms with Gasteiger partial charge in [-0.15, -0.1) is 0 Å². The Morgan fingerprint density at radius 3 is 2.76 bits per heavy atom. The van der Waals surface area contributed by atoms with Gasteiger partial charge >= 0.3 is 5.97 Å². The molecule has 1 aliphatic carbocycles. The molecule has 1 N–H and O–H groups in total. The molecule has 1 amide bonds. The molecule has 0 aromatic rings. The minimum absolute atomic E-state index is 0.0572. The summed E-state index contributed by atoms with van der Waals surface area (Å²) in [6.07, 6.45) is 3.64. The monoisotopic (exact) mass is 299 g/mol. The Hall–Kier alpha value is -1.10. The van der Waals surface area contributed by atoms with Crippen molar-refractivity contribution in [1.82, 2.24) is 5.32 Å². The summed E-state index contributed by atoms with van der Waals surface area (Å²) in [7, 11) is 1.36. The summed E-state index contributed by atoms with van der Waals surface area (Å²) in [5.41, 5.74) is 0.180. The van der Waals surface area contributed by atoms with Gasteiger partial charge in [0.25, 0.3) is 0 Å². The van der Waals surface area contributed by atoms with Gasteiger partial charge in [0.1, 0.15) is 0 Å². The summed E-state index contributed by atoms with van der Waals surface area (Å²) in [6, 6.07) is 0. The molecule has 0 aromatic carbocycles. The number of halogens is 1. The van der Waals surface area contributed by atoms with Gasteiger partial charge in [-0.1, -0.05) is 35.9 Å². The number of carbonyl (C=O) groups is 2. The van der Waals surface area contributed by atoms with Crippen LogP contribution in [0.5, 0.6) is 0 Å². The molecule has 2 aliphatic rings. The average Bonchev–Trinajstić information content (AvgIpc) is 2.47. The van der Waals surface area contributed by atoms with E-state index in [1.165, 1.54) is 7.11 Å². The number of amides is 1. The number of hydrogen-bond donors (Lipinski definition) is 1. The second-order valence-electron chi connectivity index (χ2n) is 4.85. The minimum Gasteiger partial charge on any atom is -0.469 e. The van der Waals surface area contributed by atoms with Crippen molar-refractivity contribution >= 4 is 27.8 Å². The molecule has 17 heavy (non-hydrogen) atoms. The van der Waals surface area contributed by atoms with Crippen molar-refractivity contribution in [2.45, 2.75) is 13.8 Å². The summed E-state index contributed by atoms with van der Waals surface area (Å²) in [5, 5.41) is 2.83. The number of carbonyl (C=O) groups excluding carboxylic acids is 2. The average molecular weight is 300 g/mol. The maximum Gasteiger partial charge on any atom is 0.313 e. The molecule has 2 unspecified atom stereocenters. The van der Waals surface area contributed by atoms with Crippen LogP contribution in [0.3, 0.4) is 0 Å². The van der Waals surface area contributed by atoms with Crippen LogP contribution < -0.4 is 5.32 Å². The highest BCUT2D eigenvalue weighted by atomic mass is 79.9. The van der Waals surface area contributed by atoms with Crippen LogP contribution in [0.1, 0.15) is 13.8 Å². The van der Waals surface area contributed by atoms with Gasteiger partial charge in [0.15, 0.2) is 0 Å². The van der Waals surface area contributed by atoms with Crippen LogP contribution in [0, 0.1) is 17.3 Å². The number of allylic oxidation sites excluding steroid dienone is 3. The first-order chi connectivity index (χ1) is 7.87. The number of fused-ring (bicyclic) bond motifs is 1. The number of rotatable bonds is 1. The first kappa shape index (κ1) is 12.4. The third kappa shape index (κ3) is 1.82. The van der Waals surface area contributed by atoms with Crippen LogP contribution in [0.4, 0.5) is 0 Å². The molecule has 1 aliphatic heterocycles. The highest BCUT2D eigenvalue weighted by Crippen LogP contribution is 2.46. The quantitative estimate of drug-likeness (QED) is 0.750. The zero-order chi connectivity index (χ0) is 12.8. The normalized spacial score (nSPS) is 30.0. The van der Waals surface area contributed by atoms with Crippen molar-refractivity contribution in [1.29, 1.82) is 0 Å². The van der Waals surface area contributed by atoms with Crippen LogP contribution in [-0.4, -0.2) is 19.0 Å². The molecule has 92 valence electrons. The fraction of sp³-hybridized carbons (Fsp3) is 0.500. The summed E-state index contributed by atoms with van der Waals surface area (Å²) in [6.45, 7) is 3.69. The van der Waals surface area contributed by atoms with Crippen LogP contribution >= 0.6 is 15.9 Å². The van der Waals surface area contributed by atoms with E-state index in [1.54, 1.807) is 6.08 Å². The van der Waals surface area contributed by atoms with Gasteiger partial charge in [-0.3, -0.25) is 9.59 Å². The highest BCUT2D eigenvalue weighted by Gasteiger charge is 2.52. The van der Waals surface area contributed by atoms with E-state index in [0.717, 1.165) is 10.2 Å². The van der Waals surface area contributed by atoms with Crippen LogP contribution in [0.2, 0.25) is 0 Å². The molecule has 0 radical (unpaired) electrons. The van der Waals surface area contributed by atoms with Gasteiger partial charge in [-0.25, -0.2) is 0 Å². The first-order valence-electron chi connectivity index (χ1n) is 5.36. The Morgan fingerprint density at radius 2 is 2.18 bits per heavy atom. The van der Waals surface area contributed by atoms with Crippen molar-refractivity contribution in [2.24, 2.45) is 17.3 Å². The summed E-state index contributed by atoms with van der Waals surface area (Å²) < 4.78 is 5.59. The van der Waals surface area contributed by atoms with E-state index in [2.05, 4.69) is 21.2 Å². The van der Waals surface area contributed by atoms with Gasteiger partial charge < -0.3 is 10.1 Å². The third-order valence-electron chi connectivity index (χ3n) is 3.42. The Balaban J connectivity index is 2.46. The molecule has 0 aromatic heterocycles. The lowest BCUT2D eigenvalue weighted by Gasteiger charge is -2.30. The molecule has 0 bridgehead atoms. The number of hydrogen-bond acceptors (Lipinski definition) is 3. The van der Waals surface area contributed by atoms with Gasteiger partial charge in [0.2, 0.25) is 5.91 Å². The summed E-state index contributed by atoms with van der Waals surface area (Å²) in [4.78, 5) is 23.7. The number of methoxy groups -OCH3 is 1. The standard InChI is InChI=1S/C12H14BrNO3/c1-12(2)9-7(10(15)17-3)4-6(13)5-8(9)14-11(12)16/h4-5,7,9H,1-3H3,(H,14,16). The Labute approximate surface area is 108 Å². The van der Waals surface area contributed by atoms with Crippen LogP contribution in [0.15, 0.2) is 22.3 Å². The van der Waals surface area contributed by atoms with Crippen molar-refractivity contribution in [3.8, 4) is 0 Å². The number of ether oxygens (including phenoxy) is 1. The van der Waals surface area contributed by atoms with Crippen molar-refractivity contribution in [2.75, 3.05) is 7.11 Å². The number of nitrogens with one attached hydrogen (secondary N) is 1. The zero-order valence-corrected chi connectivity index (χ0v) is 11.5. The molecule has 0 saturated carbocycles. The molecule has 2 rings (SSSR count). The van der Waals surface area contributed by atoms with Gasteiger partial charge in [-0.05, 0) is 6.08 Å². The molecular weight excluding hydrogens is 286 g/mol. The smallest absolute Gasteiger partial charge is 0.313 e. The van der Waals surface area contributed by atoms with E-state index in [0.29, 0.717) is 0 Å². The fourth-order valence-corrected chi connectivity index (χ4v) is 3.00. The van der Waals surface area contributed by atoms with E-state index >= 15 is 0 Å². The highest BCUT2D eigenvalue weighted by molar-refractivity contribution is 9.11. The maximum atomic E-state index is 11.9. The second kappa shape index (κ2) is 3.98. The Kier molecular flexibility index (Phi) is 2.89. The lowest BCUT2D eigenvalue weighted by molar-refractivity contribution is -0.146. The fourth-order valence-electron chi connectivity index (χ4n) is 2.47. The lowest BCUT2D eigenvalue weighted by Crippen LogP contribution is -2.35. The Morgan fingerprint density at radius 1 is 1.53 bits per heavy atom. The van der Waals surface area contributed by atoms with Crippen molar-refractivity contribution in [3.05, 3.63) is 22.3 Å².